The normalized spacial score (nSPS) is 15.0. The molecule has 40 heavy (non-hydrogen) atoms. The van der Waals surface area contributed by atoms with Gasteiger partial charge < -0.3 is 18.9 Å². The lowest BCUT2D eigenvalue weighted by Gasteiger charge is -2.27. The van der Waals surface area contributed by atoms with Crippen molar-refractivity contribution in [1.82, 2.24) is 4.57 Å². The molecule has 11 heteroatoms. The third-order valence-electron chi connectivity index (χ3n) is 6.22. The Balaban J connectivity index is 2.02. The maximum absolute atomic E-state index is 14.1. The number of aromatic nitrogens is 1. The van der Waals surface area contributed by atoms with Crippen LogP contribution >= 0.6 is 38.9 Å². The molecule has 0 bridgehead atoms. The maximum atomic E-state index is 14.1. The van der Waals surface area contributed by atoms with Crippen LogP contribution in [0.15, 0.2) is 55.9 Å². The number of fused-ring (bicyclic) bond motifs is 1. The molecule has 0 N–H and O–H groups in total. The highest BCUT2D eigenvalue weighted by molar-refractivity contribution is 9.10. The van der Waals surface area contributed by atoms with Gasteiger partial charge in [-0.1, -0.05) is 36.3 Å². The summed E-state index contributed by atoms with van der Waals surface area (Å²) < 4.78 is 25.0. The molecule has 1 aromatic heterocycles. The van der Waals surface area contributed by atoms with Gasteiger partial charge in [0.05, 0.1) is 47.7 Å². The summed E-state index contributed by atoms with van der Waals surface area (Å²) in [4.78, 5) is 32.7. The second-order valence-electron chi connectivity index (χ2n) is 8.77. The van der Waals surface area contributed by atoms with Gasteiger partial charge in [0.25, 0.3) is 5.56 Å². The molecule has 1 aliphatic rings. The number of carbonyl (C=O) groups excluding carboxylic acids is 1. The zero-order valence-corrected chi connectivity index (χ0v) is 26.0. The lowest BCUT2D eigenvalue weighted by Crippen LogP contribution is -2.40. The first-order valence-electron chi connectivity index (χ1n) is 12.8. The van der Waals surface area contributed by atoms with Crippen molar-refractivity contribution in [3.05, 3.63) is 81.9 Å². The summed E-state index contributed by atoms with van der Waals surface area (Å²) in [7, 11) is 3.10. The standard InChI is InChI=1S/C29H30BrClN2O6S/c1-6-9-20-24(28(35)39-8-3)25(18-15-17(31)10-11-21(18)36-4)33-27(34)23(40-29(33)32-20)14-16-12-19(30)26(38-7-2)22(13-16)37-5/h10-15,25H,6-9H2,1-5H3/b23-14+/t25-/m0/s1. The molecule has 4 rings (SSSR count). The minimum Gasteiger partial charge on any atom is -0.496 e. The highest BCUT2D eigenvalue weighted by Crippen LogP contribution is 2.39. The van der Waals surface area contributed by atoms with E-state index in [1.807, 2.05) is 19.9 Å². The smallest absolute Gasteiger partial charge is 0.338 e. The number of hydrogen-bond acceptors (Lipinski definition) is 8. The van der Waals surface area contributed by atoms with Crippen molar-refractivity contribution in [3.63, 3.8) is 0 Å². The molecule has 8 nitrogen and oxygen atoms in total. The lowest BCUT2D eigenvalue weighted by molar-refractivity contribution is -0.139. The SMILES string of the molecule is CCCC1=C(C(=O)OCC)[C@H](c2cc(Cl)ccc2OC)n2c(s/c(=C/c3cc(Br)c(OCC)c(OC)c3)c2=O)=N1. The molecule has 1 atom stereocenters. The highest BCUT2D eigenvalue weighted by Gasteiger charge is 2.36. The summed E-state index contributed by atoms with van der Waals surface area (Å²) in [5.41, 5.74) is 1.87. The summed E-state index contributed by atoms with van der Waals surface area (Å²) in [6.45, 7) is 6.30. The molecule has 0 aliphatic carbocycles. The molecule has 0 spiro atoms. The maximum Gasteiger partial charge on any atom is 0.338 e. The fraction of sp³-hybridized carbons (Fsp3) is 0.345. The number of hydrogen-bond donors (Lipinski definition) is 0. The number of benzene rings is 2. The molecule has 212 valence electrons. The van der Waals surface area contributed by atoms with Crippen LogP contribution in [0.5, 0.6) is 17.2 Å². The van der Waals surface area contributed by atoms with Gasteiger partial charge in [-0.15, -0.1) is 0 Å². The van der Waals surface area contributed by atoms with E-state index in [2.05, 4.69) is 15.9 Å². The Morgan fingerprint density at radius 2 is 1.88 bits per heavy atom. The number of methoxy groups -OCH3 is 2. The molecule has 0 saturated heterocycles. The molecular formula is C29H30BrClN2O6S. The summed E-state index contributed by atoms with van der Waals surface area (Å²) in [6, 6.07) is 7.96. The van der Waals surface area contributed by atoms with E-state index in [1.165, 1.54) is 23.0 Å². The minimum atomic E-state index is -0.839. The fourth-order valence-electron chi connectivity index (χ4n) is 4.59. The van der Waals surface area contributed by atoms with E-state index in [1.54, 1.807) is 44.4 Å². The summed E-state index contributed by atoms with van der Waals surface area (Å²) in [6.07, 6.45) is 3.05. The molecule has 2 aromatic carbocycles. The summed E-state index contributed by atoms with van der Waals surface area (Å²) >= 11 is 11.2. The third-order valence-corrected chi connectivity index (χ3v) is 8.02. The summed E-state index contributed by atoms with van der Waals surface area (Å²) in [5, 5.41) is 0.446. The van der Waals surface area contributed by atoms with Crippen molar-refractivity contribution in [2.75, 3.05) is 27.4 Å². The number of ether oxygens (including phenoxy) is 4. The van der Waals surface area contributed by atoms with Crippen LogP contribution in [0.4, 0.5) is 0 Å². The van der Waals surface area contributed by atoms with Gasteiger partial charge >= 0.3 is 5.97 Å². The Morgan fingerprint density at radius 1 is 1.12 bits per heavy atom. The third kappa shape index (κ3) is 5.84. The molecule has 3 aromatic rings. The van der Waals surface area contributed by atoms with Gasteiger partial charge in [-0.05, 0) is 78.2 Å². The van der Waals surface area contributed by atoms with Gasteiger partial charge in [0.1, 0.15) is 11.8 Å². The average molecular weight is 650 g/mol. The first-order chi connectivity index (χ1) is 19.3. The van der Waals surface area contributed by atoms with E-state index in [4.69, 9.17) is 35.5 Å². The Morgan fingerprint density at radius 3 is 2.52 bits per heavy atom. The molecule has 1 aliphatic heterocycles. The number of halogens is 2. The second-order valence-corrected chi connectivity index (χ2v) is 11.1. The van der Waals surface area contributed by atoms with Crippen LogP contribution in [0.25, 0.3) is 6.08 Å². The minimum absolute atomic E-state index is 0.181. The predicted molar refractivity (Wildman–Crippen MR) is 159 cm³/mol. The Bertz CT molecular complexity index is 1650. The van der Waals surface area contributed by atoms with Crippen LogP contribution in [-0.2, 0) is 9.53 Å². The molecule has 0 unspecified atom stereocenters. The van der Waals surface area contributed by atoms with Crippen LogP contribution in [0, 0.1) is 0 Å². The monoisotopic (exact) mass is 648 g/mol. The second kappa shape index (κ2) is 13.1. The van der Waals surface area contributed by atoms with Crippen molar-refractivity contribution in [2.45, 2.75) is 39.7 Å². The number of nitrogens with zero attached hydrogens (tertiary/aromatic N) is 2. The van der Waals surface area contributed by atoms with Crippen molar-refractivity contribution in [2.24, 2.45) is 4.99 Å². The zero-order chi connectivity index (χ0) is 29.0. The van der Waals surface area contributed by atoms with Crippen LogP contribution in [0.1, 0.15) is 50.8 Å². The van der Waals surface area contributed by atoms with Gasteiger partial charge in [0.15, 0.2) is 16.3 Å². The van der Waals surface area contributed by atoms with E-state index in [-0.39, 0.29) is 12.2 Å². The number of esters is 1. The van der Waals surface area contributed by atoms with Crippen LogP contribution in [0.2, 0.25) is 5.02 Å². The van der Waals surface area contributed by atoms with Crippen LogP contribution in [0.3, 0.4) is 0 Å². The fourth-order valence-corrected chi connectivity index (χ4v) is 6.37. The molecule has 0 saturated carbocycles. The quantitative estimate of drug-likeness (QED) is 0.273. The lowest BCUT2D eigenvalue weighted by atomic mass is 9.93. The number of rotatable bonds is 10. The van der Waals surface area contributed by atoms with Crippen molar-refractivity contribution in [3.8, 4) is 17.2 Å². The zero-order valence-electron chi connectivity index (χ0n) is 22.9. The van der Waals surface area contributed by atoms with Gasteiger partial charge in [-0.25, -0.2) is 9.79 Å². The van der Waals surface area contributed by atoms with Gasteiger partial charge in [0, 0.05) is 10.6 Å². The first kappa shape index (κ1) is 29.9. The molecule has 0 radical (unpaired) electrons. The van der Waals surface area contributed by atoms with Gasteiger partial charge in [-0.3, -0.25) is 9.36 Å². The average Bonchev–Trinajstić information content (AvgIpc) is 3.23. The number of allylic oxidation sites excluding steroid dienone is 1. The van der Waals surface area contributed by atoms with E-state index < -0.39 is 12.0 Å². The number of thiazole rings is 1. The van der Waals surface area contributed by atoms with Gasteiger partial charge in [-0.2, -0.15) is 0 Å². The van der Waals surface area contributed by atoms with Crippen molar-refractivity contribution < 1.29 is 23.7 Å². The Hall–Kier alpha value is -3.08. The van der Waals surface area contributed by atoms with E-state index >= 15 is 0 Å². The molecular weight excluding hydrogens is 620 g/mol. The molecule has 2 heterocycles. The van der Waals surface area contributed by atoms with Gasteiger partial charge in [0.2, 0.25) is 0 Å². The van der Waals surface area contributed by atoms with Crippen molar-refractivity contribution in [1.29, 1.82) is 0 Å². The number of carbonyl (C=O) groups is 1. The van der Waals surface area contributed by atoms with E-state index in [9.17, 15) is 9.59 Å². The highest BCUT2D eigenvalue weighted by atomic mass is 79.9. The topological polar surface area (TPSA) is 88.4 Å². The Kier molecular flexibility index (Phi) is 9.76. The first-order valence-corrected chi connectivity index (χ1v) is 14.8. The van der Waals surface area contributed by atoms with Crippen LogP contribution in [-0.4, -0.2) is 38.0 Å². The largest absolute Gasteiger partial charge is 0.496 e. The van der Waals surface area contributed by atoms with Crippen molar-refractivity contribution >= 4 is 50.9 Å². The molecule has 0 fully saturated rings. The Labute approximate surface area is 249 Å². The summed E-state index contributed by atoms with van der Waals surface area (Å²) in [5.74, 6) is 1.08. The van der Waals surface area contributed by atoms with E-state index in [0.717, 1.165) is 12.0 Å². The van der Waals surface area contributed by atoms with E-state index in [0.29, 0.717) is 65.9 Å². The predicted octanol–water partition coefficient (Wildman–Crippen LogP) is 5.41. The molecule has 0 amide bonds. The van der Waals surface area contributed by atoms with Crippen LogP contribution < -0.4 is 29.1 Å².